The van der Waals surface area contributed by atoms with Crippen molar-refractivity contribution in [3.05, 3.63) is 128 Å². The fourth-order valence-electron chi connectivity index (χ4n) is 3.66. The van der Waals surface area contributed by atoms with Gasteiger partial charge in [-0.2, -0.15) is 0 Å². The van der Waals surface area contributed by atoms with Crippen molar-refractivity contribution in [2.45, 2.75) is 20.0 Å². The Bertz CT molecular complexity index is 1450. The second kappa shape index (κ2) is 9.58. The van der Waals surface area contributed by atoms with E-state index in [1.807, 2.05) is 36.4 Å². The van der Waals surface area contributed by atoms with Crippen LogP contribution in [0.25, 0.3) is 0 Å². The molecule has 1 heterocycles. The van der Waals surface area contributed by atoms with Gasteiger partial charge < -0.3 is 5.73 Å². The summed E-state index contributed by atoms with van der Waals surface area (Å²) in [5.74, 6) is -1.32. The molecule has 0 fully saturated rings. The van der Waals surface area contributed by atoms with Crippen LogP contribution >= 0.6 is 0 Å². The van der Waals surface area contributed by atoms with Crippen LogP contribution in [0.15, 0.2) is 88.5 Å². The molecular formula is C26H23FN4O3. The number of aromatic nitrogens is 2. The van der Waals surface area contributed by atoms with Gasteiger partial charge in [0.05, 0.1) is 13.1 Å². The van der Waals surface area contributed by atoms with Gasteiger partial charge in [-0.25, -0.2) is 9.18 Å². The first-order chi connectivity index (χ1) is 16.3. The Kier molecular flexibility index (Phi) is 6.40. The normalized spacial score (nSPS) is 10.8. The van der Waals surface area contributed by atoms with Gasteiger partial charge >= 0.3 is 5.69 Å². The molecule has 0 aliphatic rings. The van der Waals surface area contributed by atoms with Gasteiger partial charge in [0, 0.05) is 5.56 Å². The molecule has 0 atom stereocenters. The highest BCUT2D eigenvalue weighted by atomic mass is 19.1. The van der Waals surface area contributed by atoms with Crippen LogP contribution in [0.4, 0.5) is 15.9 Å². The summed E-state index contributed by atoms with van der Waals surface area (Å²) in [6.07, 6.45) is 0. The number of aromatic amines is 1. The van der Waals surface area contributed by atoms with Crippen LogP contribution in [0.2, 0.25) is 0 Å². The molecule has 0 aliphatic carbocycles. The summed E-state index contributed by atoms with van der Waals surface area (Å²) in [4.78, 5) is 42.5. The molecule has 1 amide bonds. The van der Waals surface area contributed by atoms with Crippen molar-refractivity contribution in [3.8, 4) is 0 Å². The molecule has 172 valence electrons. The zero-order valence-corrected chi connectivity index (χ0v) is 18.5. The highest BCUT2D eigenvalue weighted by molar-refractivity contribution is 6.07. The molecule has 0 saturated heterocycles. The molecule has 3 N–H and O–H groups in total. The summed E-state index contributed by atoms with van der Waals surface area (Å²) < 4.78 is 15.4. The number of carbonyl (C=O) groups is 1. The fourth-order valence-corrected chi connectivity index (χ4v) is 3.66. The van der Waals surface area contributed by atoms with Gasteiger partial charge in [0.2, 0.25) is 0 Å². The Balaban J connectivity index is 1.86. The van der Waals surface area contributed by atoms with Crippen molar-refractivity contribution >= 4 is 17.4 Å². The lowest BCUT2D eigenvalue weighted by Gasteiger charge is -2.25. The number of anilines is 2. The SMILES string of the molecule is Cc1ccc(C(=O)N(Cc2ccccc2)c2c(N)n(Cc3ccccc3)c(=O)[nH]c2=O)cc1F. The van der Waals surface area contributed by atoms with E-state index in [1.54, 1.807) is 31.2 Å². The quantitative estimate of drug-likeness (QED) is 0.462. The highest BCUT2D eigenvalue weighted by Gasteiger charge is 2.26. The lowest BCUT2D eigenvalue weighted by molar-refractivity contribution is 0.0984. The Hall–Kier alpha value is -4.46. The lowest BCUT2D eigenvalue weighted by atomic mass is 10.1. The van der Waals surface area contributed by atoms with Crippen LogP contribution in [0, 0.1) is 12.7 Å². The maximum atomic E-state index is 14.2. The number of carbonyl (C=O) groups excluding carboxylic acids is 1. The van der Waals surface area contributed by atoms with Gasteiger partial charge in [-0.05, 0) is 35.7 Å². The number of halogens is 1. The van der Waals surface area contributed by atoms with E-state index in [4.69, 9.17) is 5.73 Å². The molecule has 0 saturated carbocycles. The molecule has 4 aromatic rings. The molecule has 0 spiro atoms. The summed E-state index contributed by atoms with van der Waals surface area (Å²) >= 11 is 0. The van der Waals surface area contributed by atoms with Crippen molar-refractivity contribution in [3.63, 3.8) is 0 Å². The number of nitrogens with zero attached hydrogens (tertiary/aromatic N) is 2. The third-order valence-corrected chi connectivity index (χ3v) is 5.51. The van der Waals surface area contributed by atoms with Gasteiger partial charge in [0.1, 0.15) is 11.6 Å². The maximum absolute atomic E-state index is 14.2. The lowest BCUT2D eigenvalue weighted by Crippen LogP contribution is -2.41. The number of aryl methyl sites for hydroxylation is 1. The zero-order chi connectivity index (χ0) is 24.2. The average molecular weight is 458 g/mol. The van der Waals surface area contributed by atoms with E-state index in [9.17, 15) is 18.8 Å². The molecule has 34 heavy (non-hydrogen) atoms. The third-order valence-electron chi connectivity index (χ3n) is 5.51. The smallest absolute Gasteiger partial charge is 0.330 e. The molecule has 1 aromatic heterocycles. The minimum absolute atomic E-state index is 0.00795. The van der Waals surface area contributed by atoms with Crippen LogP contribution in [0.1, 0.15) is 27.0 Å². The molecule has 8 heteroatoms. The first-order valence-corrected chi connectivity index (χ1v) is 10.6. The minimum Gasteiger partial charge on any atom is -0.383 e. The van der Waals surface area contributed by atoms with Crippen LogP contribution in [-0.4, -0.2) is 15.5 Å². The number of hydrogen-bond acceptors (Lipinski definition) is 4. The highest BCUT2D eigenvalue weighted by Crippen LogP contribution is 2.23. The largest absolute Gasteiger partial charge is 0.383 e. The predicted molar refractivity (Wildman–Crippen MR) is 129 cm³/mol. The number of rotatable bonds is 6. The molecule has 3 aromatic carbocycles. The standard InChI is InChI=1S/C26H23FN4O3/c1-17-12-13-20(14-21(17)27)25(33)30(15-18-8-4-2-5-9-18)22-23(28)31(26(34)29-24(22)32)16-19-10-6-3-7-11-19/h2-14H,15-16,28H2,1H3,(H,29,32,34). The van der Waals surface area contributed by atoms with Crippen molar-refractivity contribution < 1.29 is 9.18 Å². The van der Waals surface area contributed by atoms with Gasteiger partial charge in [-0.1, -0.05) is 66.7 Å². The summed E-state index contributed by atoms with van der Waals surface area (Å²) in [5.41, 5.74) is 6.62. The summed E-state index contributed by atoms with van der Waals surface area (Å²) in [5, 5.41) is 0. The second-order valence-corrected chi connectivity index (χ2v) is 7.91. The van der Waals surface area contributed by atoms with Crippen molar-refractivity contribution in [2.75, 3.05) is 10.6 Å². The molecule has 0 bridgehead atoms. The van der Waals surface area contributed by atoms with E-state index >= 15 is 0 Å². The molecule has 0 unspecified atom stereocenters. The Morgan fingerprint density at radius 1 is 0.971 bits per heavy atom. The summed E-state index contributed by atoms with van der Waals surface area (Å²) in [7, 11) is 0. The van der Waals surface area contributed by atoms with Gasteiger partial charge in [-0.15, -0.1) is 0 Å². The number of nitrogens with one attached hydrogen (secondary N) is 1. The summed E-state index contributed by atoms with van der Waals surface area (Å²) in [6, 6.07) is 22.2. The molecule has 7 nitrogen and oxygen atoms in total. The van der Waals surface area contributed by atoms with Crippen LogP contribution in [0.3, 0.4) is 0 Å². The van der Waals surface area contributed by atoms with Crippen LogP contribution in [0.5, 0.6) is 0 Å². The van der Waals surface area contributed by atoms with E-state index < -0.39 is 23.0 Å². The predicted octanol–water partition coefficient (Wildman–Crippen LogP) is 3.46. The third kappa shape index (κ3) is 4.66. The number of H-pyrrole nitrogens is 1. The monoisotopic (exact) mass is 458 g/mol. The summed E-state index contributed by atoms with van der Waals surface area (Å²) in [6.45, 7) is 1.68. The zero-order valence-electron chi connectivity index (χ0n) is 18.5. The molecule has 4 rings (SSSR count). The molecule has 0 radical (unpaired) electrons. The van der Waals surface area contributed by atoms with E-state index in [-0.39, 0.29) is 30.2 Å². The average Bonchev–Trinajstić information content (AvgIpc) is 2.83. The fraction of sp³-hybridized carbons (Fsp3) is 0.115. The van der Waals surface area contributed by atoms with Crippen molar-refractivity contribution in [1.29, 1.82) is 0 Å². The van der Waals surface area contributed by atoms with Gasteiger partial charge in [0.15, 0.2) is 5.69 Å². The van der Waals surface area contributed by atoms with Crippen molar-refractivity contribution in [1.82, 2.24) is 9.55 Å². The first kappa shape index (κ1) is 22.7. The van der Waals surface area contributed by atoms with E-state index in [1.165, 1.54) is 21.6 Å². The number of amides is 1. The van der Waals surface area contributed by atoms with Crippen LogP contribution < -0.4 is 21.9 Å². The molecule has 0 aliphatic heterocycles. The Morgan fingerprint density at radius 3 is 2.21 bits per heavy atom. The second-order valence-electron chi connectivity index (χ2n) is 7.91. The van der Waals surface area contributed by atoms with E-state index in [2.05, 4.69) is 4.98 Å². The topological polar surface area (TPSA) is 101 Å². The maximum Gasteiger partial charge on any atom is 0.330 e. The Morgan fingerprint density at radius 2 is 1.59 bits per heavy atom. The minimum atomic E-state index is -0.802. The van der Waals surface area contributed by atoms with E-state index in [0.717, 1.165) is 17.2 Å². The number of nitrogen functional groups attached to an aromatic ring is 1. The van der Waals surface area contributed by atoms with Crippen LogP contribution in [-0.2, 0) is 13.1 Å². The Labute approximate surface area is 194 Å². The van der Waals surface area contributed by atoms with E-state index in [0.29, 0.717) is 5.56 Å². The number of nitrogens with two attached hydrogens (primary N) is 1. The van der Waals surface area contributed by atoms with Gasteiger partial charge in [-0.3, -0.25) is 24.0 Å². The van der Waals surface area contributed by atoms with Crippen molar-refractivity contribution in [2.24, 2.45) is 0 Å². The molecular weight excluding hydrogens is 435 g/mol. The number of benzene rings is 3. The van der Waals surface area contributed by atoms with Gasteiger partial charge in [0.25, 0.3) is 11.5 Å². The number of hydrogen-bond donors (Lipinski definition) is 2. The first-order valence-electron chi connectivity index (χ1n) is 10.6.